The summed E-state index contributed by atoms with van der Waals surface area (Å²) >= 11 is 2.07. The third-order valence-corrected chi connectivity index (χ3v) is 2.32. The number of hydrogen-bond donors (Lipinski definition) is 3. The van der Waals surface area contributed by atoms with E-state index in [0.29, 0.717) is 11.3 Å². The highest BCUT2D eigenvalue weighted by Gasteiger charge is 2.16. The van der Waals surface area contributed by atoms with Gasteiger partial charge in [0.25, 0.3) is 0 Å². The number of rotatable bonds is 2. The predicted octanol–water partition coefficient (Wildman–Crippen LogP) is 0.958. The second kappa shape index (κ2) is 3.93. The number of anilines is 1. The molecule has 4 nitrogen and oxygen atoms in total. The first kappa shape index (κ1) is 10.3. The van der Waals surface area contributed by atoms with Crippen LogP contribution in [0, 0.1) is 3.57 Å². The van der Waals surface area contributed by atoms with Gasteiger partial charge in [0.05, 0.1) is 0 Å². The quantitative estimate of drug-likeness (QED) is 0.559. The number of nitrogens with two attached hydrogens (primary N) is 2. The molecule has 1 unspecified atom stereocenters. The van der Waals surface area contributed by atoms with Crippen molar-refractivity contribution in [3.05, 3.63) is 27.3 Å². The molecule has 0 radical (unpaired) electrons. The van der Waals surface area contributed by atoms with Gasteiger partial charge in [0, 0.05) is 14.8 Å². The third-order valence-electron chi connectivity index (χ3n) is 1.65. The minimum Gasteiger partial charge on any atom is -0.480 e. The fourth-order valence-electron chi connectivity index (χ4n) is 0.948. The molecule has 1 rings (SSSR count). The molecule has 0 spiro atoms. The molecule has 0 amide bonds. The lowest BCUT2D eigenvalue weighted by atomic mass is 10.1. The zero-order chi connectivity index (χ0) is 10.0. The van der Waals surface area contributed by atoms with Crippen LogP contribution in [0.25, 0.3) is 0 Å². The van der Waals surface area contributed by atoms with E-state index in [-0.39, 0.29) is 0 Å². The second-order valence-corrected chi connectivity index (χ2v) is 3.83. The van der Waals surface area contributed by atoms with E-state index >= 15 is 0 Å². The molecular weight excluding hydrogens is 283 g/mol. The molecule has 0 saturated heterocycles. The van der Waals surface area contributed by atoms with Gasteiger partial charge in [-0.15, -0.1) is 0 Å². The van der Waals surface area contributed by atoms with E-state index in [0.717, 1.165) is 3.57 Å². The van der Waals surface area contributed by atoms with Crippen LogP contribution in [0.2, 0.25) is 0 Å². The summed E-state index contributed by atoms with van der Waals surface area (Å²) in [6.45, 7) is 0. The van der Waals surface area contributed by atoms with Gasteiger partial charge >= 0.3 is 5.97 Å². The largest absolute Gasteiger partial charge is 0.480 e. The average Bonchev–Trinajstić information content (AvgIpc) is 2.08. The van der Waals surface area contributed by atoms with Crippen molar-refractivity contribution >= 4 is 34.2 Å². The normalized spacial score (nSPS) is 12.5. The number of carboxylic acids is 1. The van der Waals surface area contributed by atoms with Crippen LogP contribution in [0.3, 0.4) is 0 Å². The summed E-state index contributed by atoms with van der Waals surface area (Å²) in [5.74, 6) is -1.08. The molecule has 0 aliphatic carbocycles. The summed E-state index contributed by atoms with van der Waals surface area (Å²) in [6, 6.07) is 4.08. The van der Waals surface area contributed by atoms with Gasteiger partial charge in [0.2, 0.25) is 0 Å². The van der Waals surface area contributed by atoms with Gasteiger partial charge in [0.15, 0.2) is 0 Å². The van der Waals surface area contributed by atoms with Gasteiger partial charge in [0.1, 0.15) is 6.04 Å². The number of benzene rings is 1. The molecule has 70 valence electrons. The molecule has 0 aliphatic rings. The van der Waals surface area contributed by atoms with E-state index in [2.05, 4.69) is 22.6 Å². The van der Waals surface area contributed by atoms with E-state index in [1.54, 1.807) is 18.2 Å². The van der Waals surface area contributed by atoms with E-state index < -0.39 is 12.0 Å². The molecule has 1 aromatic rings. The smallest absolute Gasteiger partial charge is 0.325 e. The Morgan fingerprint density at radius 3 is 2.69 bits per heavy atom. The molecule has 13 heavy (non-hydrogen) atoms. The topological polar surface area (TPSA) is 89.3 Å². The summed E-state index contributed by atoms with van der Waals surface area (Å²) in [4.78, 5) is 10.6. The molecule has 5 N–H and O–H groups in total. The Morgan fingerprint density at radius 1 is 1.54 bits per heavy atom. The fraction of sp³-hybridized carbons (Fsp3) is 0.125. The molecule has 1 atom stereocenters. The van der Waals surface area contributed by atoms with Gasteiger partial charge in [-0.3, -0.25) is 4.79 Å². The van der Waals surface area contributed by atoms with E-state index in [9.17, 15) is 4.79 Å². The first-order chi connectivity index (χ1) is 6.02. The van der Waals surface area contributed by atoms with Crippen molar-refractivity contribution < 1.29 is 9.90 Å². The highest BCUT2D eigenvalue weighted by Crippen LogP contribution is 2.21. The molecule has 0 aromatic heterocycles. The lowest BCUT2D eigenvalue weighted by molar-refractivity contribution is -0.138. The van der Waals surface area contributed by atoms with Crippen molar-refractivity contribution in [1.82, 2.24) is 0 Å². The molecule has 0 heterocycles. The third kappa shape index (κ3) is 2.31. The van der Waals surface area contributed by atoms with Crippen LogP contribution in [0.1, 0.15) is 11.6 Å². The Hall–Kier alpha value is -0.820. The van der Waals surface area contributed by atoms with Crippen molar-refractivity contribution in [1.29, 1.82) is 0 Å². The van der Waals surface area contributed by atoms with Crippen LogP contribution in [-0.4, -0.2) is 11.1 Å². The zero-order valence-electron chi connectivity index (χ0n) is 6.70. The maximum Gasteiger partial charge on any atom is 0.325 e. The number of carboxylic acid groups (broad SMARTS) is 1. The molecule has 1 aromatic carbocycles. The second-order valence-electron chi connectivity index (χ2n) is 2.59. The van der Waals surface area contributed by atoms with Gasteiger partial charge < -0.3 is 16.6 Å². The summed E-state index contributed by atoms with van der Waals surface area (Å²) in [6.07, 6.45) is 0. The van der Waals surface area contributed by atoms with Gasteiger partial charge in [-0.2, -0.15) is 0 Å². The summed E-state index contributed by atoms with van der Waals surface area (Å²) < 4.78 is 0.915. The molecule has 5 heteroatoms. The fourth-order valence-corrected chi connectivity index (χ4v) is 1.46. The highest BCUT2D eigenvalue weighted by molar-refractivity contribution is 14.1. The van der Waals surface area contributed by atoms with E-state index in [1.165, 1.54) is 0 Å². The van der Waals surface area contributed by atoms with Crippen molar-refractivity contribution in [3.63, 3.8) is 0 Å². The van der Waals surface area contributed by atoms with Gasteiger partial charge in [-0.05, 0) is 40.8 Å². The Balaban J connectivity index is 3.12. The van der Waals surface area contributed by atoms with Crippen molar-refractivity contribution in [3.8, 4) is 0 Å². The molecule has 0 bridgehead atoms. The molecule has 0 fully saturated rings. The van der Waals surface area contributed by atoms with Crippen LogP contribution in [0.4, 0.5) is 5.69 Å². The first-order valence-electron chi connectivity index (χ1n) is 3.55. The van der Waals surface area contributed by atoms with Crippen molar-refractivity contribution in [2.24, 2.45) is 5.73 Å². The zero-order valence-corrected chi connectivity index (χ0v) is 8.86. The maximum absolute atomic E-state index is 10.6. The maximum atomic E-state index is 10.6. The molecular formula is C8H9IN2O2. The van der Waals surface area contributed by atoms with Crippen molar-refractivity contribution in [2.45, 2.75) is 6.04 Å². The Bertz CT molecular complexity index is 341. The lowest BCUT2D eigenvalue weighted by Crippen LogP contribution is -2.21. The van der Waals surface area contributed by atoms with Crippen LogP contribution in [-0.2, 0) is 4.79 Å². The number of hydrogen-bond acceptors (Lipinski definition) is 3. The van der Waals surface area contributed by atoms with Gasteiger partial charge in [-0.1, -0.05) is 0 Å². The first-order valence-corrected chi connectivity index (χ1v) is 4.63. The Kier molecular flexibility index (Phi) is 3.10. The van der Waals surface area contributed by atoms with Crippen molar-refractivity contribution in [2.75, 3.05) is 5.73 Å². The monoisotopic (exact) mass is 292 g/mol. The number of nitrogen functional groups attached to an aromatic ring is 1. The SMILES string of the molecule is Nc1ccc(I)cc1C(N)C(=O)O. The van der Waals surface area contributed by atoms with E-state index in [4.69, 9.17) is 16.6 Å². The standard InChI is InChI=1S/C8H9IN2O2/c9-4-1-2-6(10)5(3-4)7(11)8(12)13/h1-3,7H,10-11H2,(H,12,13). The highest BCUT2D eigenvalue weighted by atomic mass is 127. The number of halogens is 1. The van der Waals surface area contributed by atoms with Crippen LogP contribution in [0.15, 0.2) is 18.2 Å². The van der Waals surface area contributed by atoms with Gasteiger partial charge in [-0.25, -0.2) is 0 Å². The summed E-state index contributed by atoms with van der Waals surface area (Å²) in [7, 11) is 0. The average molecular weight is 292 g/mol. The Labute approximate surface area is 89.1 Å². The minimum absolute atomic E-state index is 0.412. The van der Waals surface area contributed by atoms with E-state index in [1.807, 2.05) is 0 Å². The number of aliphatic carboxylic acids is 1. The van der Waals surface area contributed by atoms with Crippen LogP contribution in [0.5, 0.6) is 0 Å². The van der Waals surface area contributed by atoms with Crippen LogP contribution < -0.4 is 11.5 Å². The minimum atomic E-state index is -1.08. The summed E-state index contributed by atoms with van der Waals surface area (Å²) in [5.41, 5.74) is 11.9. The predicted molar refractivity (Wildman–Crippen MR) is 58.1 cm³/mol. The molecule has 0 aliphatic heterocycles. The number of carbonyl (C=O) groups is 1. The van der Waals surface area contributed by atoms with Crippen LogP contribution >= 0.6 is 22.6 Å². The molecule has 0 saturated carbocycles. The summed E-state index contributed by atoms with van der Waals surface area (Å²) in [5, 5.41) is 8.67. The lowest BCUT2D eigenvalue weighted by Gasteiger charge is -2.09. The Morgan fingerprint density at radius 2 is 2.15 bits per heavy atom.